The molecule has 1 unspecified atom stereocenters. The highest BCUT2D eigenvalue weighted by atomic mass is 19.4. The zero-order chi connectivity index (χ0) is 18.0. The summed E-state index contributed by atoms with van der Waals surface area (Å²) < 4.78 is 49.7. The Bertz CT molecular complexity index is 682. The molecule has 0 aliphatic carbocycles. The smallest absolute Gasteiger partial charge is 0.416 e. The number of carbonyl (C=O) groups is 1. The Morgan fingerprint density at radius 3 is 2.68 bits per heavy atom. The minimum atomic E-state index is -4.48. The van der Waals surface area contributed by atoms with Gasteiger partial charge in [-0.05, 0) is 30.5 Å². The van der Waals surface area contributed by atoms with E-state index in [0.29, 0.717) is 0 Å². The van der Waals surface area contributed by atoms with E-state index >= 15 is 0 Å². The number of ketones is 1. The maximum absolute atomic E-state index is 13.0. The largest absolute Gasteiger partial charge is 0.452 e. The molecule has 0 saturated carbocycles. The van der Waals surface area contributed by atoms with E-state index in [2.05, 4.69) is 5.32 Å². The van der Waals surface area contributed by atoms with Crippen LogP contribution >= 0.6 is 0 Å². The van der Waals surface area contributed by atoms with Crippen molar-refractivity contribution < 1.29 is 27.4 Å². The molecular formula is C17H19F3N2O3. The van der Waals surface area contributed by atoms with Crippen LogP contribution in [-0.4, -0.2) is 43.8 Å². The van der Waals surface area contributed by atoms with E-state index in [0.717, 1.165) is 38.1 Å². The van der Waals surface area contributed by atoms with Crippen LogP contribution in [0.1, 0.15) is 24.0 Å². The van der Waals surface area contributed by atoms with Crippen LogP contribution in [0.2, 0.25) is 0 Å². The molecular weight excluding hydrogens is 337 g/mol. The third kappa shape index (κ3) is 3.64. The maximum atomic E-state index is 13.0. The first kappa shape index (κ1) is 17.8. The van der Waals surface area contributed by atoms with Crippen LogP contribution in [0.4, 0.5) is 13.2 Å². The van der Waals surface area contributed by atoms with Gasteiger partial charge >= 0.3 is 6.18 Å². The van der Waals surface area contributed by atoms with Gasteiger partial charge in [-0.2, -0.15) is 13.2 Å². The van der Waals surface area contributed by atoms with Crippen molar-refractivity contribution in [3.8, 4) is 0 Å². The van der Waals surface area contributed by atoms with Gasteiger partial charge in [0.1, 0.15) is 6.73 Å². The minimum absolute atomic E-state index is 0.0811. The second-order valence-corrected chi connectivity index (χ2v) is 5.97. The van der Waals surface area contributed by atoms with Crippen molar-refractivity contribution in [1.82, 2.24) is 10.2 Å². The number of hydrogen-bond donors (Lipinski definition) is 1. The van der Waals surface area contributed by atoms with Crippen LogP contribution in [-0.2, 0) is 20.4 Å². The molecule has 0 bridgehead atoms. The third-order valence-electron chi connectivity index (χ3n) is 4.26. The van der Waals surface area contributed by atoms with Crippen molar-refractivity contribution >= 4 is 11.4 Å². The molecule has 5 nitrogen and oxygen atoms in total. The summed E-state index contributed by atoms with van der Waals surface area (Å²) in [7, 11) is 1.46. The molecule has 0 radical (unpaired) electrons. The Kier molecular flexibility index (Phi) is 5.01. The molecule has 1 aromatic carbocycles. The van der Waals surface area contributed by atoms with Crippen molar-refractivity contribution in [3.05, 3.63) is 41.3 Å². The molecule has 0 aromatic heterocycles. The average Bonchev–Trinajstić information content (AvgIpc) is 3.20. The van der Waals surface area contributed by atoms with Crippen LogP contribution in [0.25, 0.3) is 5.57 Å². The summed E-state index contributed by atoms with van der Waals surface area (Å²) in [5, 5.41) is 2.83. The van der Waals surface area contributed by atoms with Gasteiger partial charge in [-0.3, -0.25) is 9.69 Å². The molecule has 2 aliphatic rings. The number of Topliss-reactive ketones (excluding diaryl/α,β-unsaturated/α-hetero) is 1. The van der Waals surface area contributed by atoms with Crippen molar-refractivity contribution in [2.24, 2.45) is 0 Å². The zero-order valence-electron chi connectivity index (χ0n) is 13.7. The number of likely N-dealkylation sites (tertiary alicyclic amines) is 1. The molecule has 136 valence electrons. The molecule has 0 amide bonds. The number of methoxy groups -OCH3 is 1. The molecule has 3 rings (SSSR count). The lowest BCUT2D eigenvalue weighted by molar-refractivity contribution is -0.137. The van der Waals surface area contributed by atoms with Gasteiger partial charge in [0.2, 0.25) is 17.9 Å². The number of nitrogens with zero attached hydrogens (tertiary/aromatic N) is 1. The maximum Gasteiger partial charge on any atom is 0.416 e. The van der Waals surface area contributed by atoms with Gasteiger partial charge in [-0.25, -0.2) is 0 Å². The fourth-order valence-electron chi connectivity index (χ4n) is 3.07. The number of hydrogen-bond acceptors (Lipinski definition) is 5. The van der Waals surface area contributed by atoms with Gasteiger partial charge in [0, 0.05) is 20.2 Å². The molecule has 0 spiro atoms. The van der Waals surface area contributed by atoms with Crippen molar-refractivity contribution in [2.75, 3.05) is 26.9 Å². The van der Waals surface area contributed by atoms with E-state index in [-0.39, 0.29) is 29.5 Å². The lowest BCUT2D eigenvalue weighted by Crippen LogP contribution is -2.38. The summed E-state index contributed by atoms with van der Waals surface area (Å²) in [6.07, 6.45) is -3.35. The molecule has 1 N–H and O–H groups in total. The summed E-state index contributed by atoms with van der Waals surface area (Å²) in [5.41, 5.74) is -0.499. The van der Waals surface area contributed by atoms with Crippen molar-refractivity contribution in [1.29, 1.82) is 0 Å². The Hall–Kier alpha value is -2.06. The Balaban J connectivity index is 1.95. The number of benzene rings is 1. The fourth-order valence-corrected chi connectivity index (χ4v) is 3.07. The first-order chi connectivity index (χ1) is 11.9. The molecule has 1 atom stereocenters. The normalized spacial score (nSPS) is 21.8. The van der Waals surface area contributed by atoms with E-state index in [1.807, 2.05) is 4.90 Å². The quantitative estimate of drug-likeness (QED) is 0.822. The second-order valence-electron chi connectivity index (χ2n) is 5.97. The molecule has 8 heteroatoms. The van der Waals surface area contributed by atoms with E-state index < -0.39 is 18.0 Å². The number of ether oxygens (including phenoxy) is 2. The van der Waals surface area contributed by atoms with Gasteiger partial charge in [-0.1, -0.05) is 12.1 Å². The molecule has 1 fully saturated rings. The second kappa shape index (κ2) is 7.05. The van der Waals surface area contributed by atoms with Crippen molar-refractivity contribution in [3.63, 3.8) is 0 Å². The Morgan fingerprint density at radius 2 is 2.04 bits per heavy atom. The predicted octanol–water partition coefficient (Wildman–Crippen LogP) is 2.59. The van der Waals surface area contributed by atoms with Gasteiger partial charge in [0.15, 0.2) is 0 Å². The topological polar surface area (TPSA) is 50.8 Å². The standard InChI is InChI=1S/C17H19F3N2O3/c1-24-10-21-15-13(11-5-4-6-12(9-11)17(18,19)20)14(23)16(25-15)22-7-2-3-8-22/h4-6,9,16,21H,2-3,7-8,10H2,1H3. The highest BCUT2D eigenvalue weighted by Gasteiger charge is 2.41. The molecule has 1 saturated heterocycles. The number of halogens is 3. The number of rotatable bonds is 5. The lowest BCUT2D eigenvalue weighted by atomic mass is 10.00. The highest BCUT2D eigenvalue weighted by molar-refractivity contribution is 6.24. The molecule has 25 heavy (non-hydrogen) atoms. The monoisotopic (exact) mass is 356 g/mol. The average molecular weight is 356 g/mol. The van der Waals surface area contributed by atoms with E-state index in [9.17, 15) is 18.0 Å². The summed E-state index contributed by atoms with van der Waals surface area (Å²) in [6.45, 7) is 1.53. The van der Waals surface area contributed by atoms with Gasteiger partial charge in [0.05, 0.1) is 11.1 Å². The molecule has 2 aliphatic heterocycles. The van der Waals surface area contributed by atoms with Crippen LogP contribution in [0.15, 0.2) is 30.1 Å². The predicted molar refractivity (Wildman–Crippen MR) is 84.1 cm³/mol. The van der Waals surface area contributed by atoms with E-state index in [4.69, 9.17) is 9.47 Å². The highest BCUT2D eigenvalue weighted by Crippen LogP contribution is 2.35. The summed E-state index contributed by atoms with van der Waals surface area (Å²) >= 11 is 0. The van der Waals surface area contributed by atoms with E-state index in [1.165, 1.54) is 19.2 Å². The van der Waals surface area contributed by atoms with Crippen LogP contribution < -0.4 is 5.32 Å². The Morgan fingerprint density at radius 1 is 1.32 bits per heavy atom. The van der Waals surface area contributed by atoms with Crippen molar-refractivity contribution in [2.45, 2.75) is 25.2 Å². The van der Waals surface area contributed by atoms with Crippen LogP contribution in [0.3, 0.4) is 0 Å². The van der Waals surface area contributed by atoms with Gasteiger partial charge < -0.3 is 14.8 Å². The lowest BCUT2D eigenvalue weighted by Gasteiger charge is -2.22. The molecule has 2 heterocycles. The summed E-state index contributed by atoms with van der Waals surface area (Å²) in [4.78, 5) is 14.7. The first-order valence-electron chi connectivity index (χ1n) is 8.01. The molecule has 1 aromatic rings. The summed E-state index contributed by atoms with van der Waals surface area (Å²) in [5.74, 6) is -0.178. The van der Waals surface area contributed by atoms with E-state index in [1.54, 1.807) is 0 Å². The van der Waals surface area contributed by atoms with Crippen LogP contribution in [0, 0.1) is 0 Å². The van der Waals surface area contributed by atoms with Gasteiger partial charge in [0.25, 0.3) is 0 Å². The number of carbonyl (C=O) groups excluding carboxylic acids is 1. The van der Waals surface area contributed by atoms with Crippen LogP contribution in [0.5, 0.6) is 0 Å². The fraction of sp³-hybridized carbons (Fsp3) is 0.471. The third-order valence-corrected chi connectivity index (χ3v) is 4.26. The Labute approximate surface area is 143 Å². The minimum Gasteiger partial charge on any atom is -0.452 e. The zero-order valence-corrected chi connectivity index (χ0v) is 13.7. The SMILES string of the molecule is COCNC1=C(c2cccc(C(F)(F)F)c2)C(=O)C(N2CCCC2)O1. The number of nitrogens with one attached hydrogen (secondary N) is 1. The summed E-state index contributed by atoms with van der Waals surface area (Å²) in [6, 6.07) is 4.71. The first-order valence-corrected chi connectivity index (χ1v) is 8.01. The van der Waals surface area contributed by atoms with Gasteiger partial charge in [-0.15, -0.1) is 0 Å². The number of alkyl halides is 3.